The van der Waals surface area contributed by atoms with Crippen molar-refractivity contribution in [2.75, 3.05) is 14.2 Å². The van der Waals surface area contributed by atoms with Gasteiger partial charge in [-0.1, -0.05) is 0 Å². The number of hydrogen-bond donors (Lipinski definition) is 0. The van der Waals surface area contributed by atoms with Gasteiger partial charge in [-0.25, -0.2) is 4.98 Å². The van der Waals surface area contributed by atoms with Crippen LogP contribution in [0.2, 0.25) is 0 Å². The Bertz CT molecular complexity index is 513. The van der Waals surface area contributed by atoms with Crippen LogP contribution in [-0.4, -0.2) is 19.2 Å². The summed E-state index contributed by atoms with van der Waals surface area (Å²) in [6.45, 7) is 0. The van der Waals surface area contributed by atoms with Crippen molar-refractivity contribution in [3.8, 4) is 22.1 Å². The molecule has 0 N–H and O–H groups in total. The first-order valence-corrected chi connectivity index (χ1v) is 6.36. The summed E-state index contributed by atoms with van der Waals surface area (Å²) in [4.78, 5) is 5.37. The minimum atomic E-state index is 0.476. The van der Waals surface area contributed by atoms with Gasteiger partial charge < -0.3 is 9.47 Å². The summed E-state index contributed by atoms with van der Waals surface area (Å²) < 4.78 is 10.5. The van der Waals surface area contributed by atoms with Crippen LogP contribution in [0, 0.1) is 0 Å². The maximum absolute atomic E-state index is 5.77. The Hall–Kier alpha value is -1.26. The van der Waals surface area contributed by atoms with Gasteiger partial charge in [0.25, 0.3) is 0 Å². The van der Waals surface area contributed by atoms with Crippen LogP contribution in [-0.2, 0) is 5.88 Å². The highest BCUT2D eigenvalue weighted by Crippen LogP contribution is 2.35. The monoisotopic (exact) mass is 269 g/mol. The Morgan fingerprint density at radius 3 is 2.71 bits per heavy atom. The molecular formula is C12H12ClNO2S. The average Bonchev–Trinajstić information content (AvgIpc) is 2.86. The van der Waals surface area contributed by atoms with Crippen LogP contribution in [0.1, 0.15) is 4.88 Å². The van der Waals surface area contributed by atoms with E-state index in [4.69, 9.17) is 21.1 Å². The van der Waals surface area contributed by atoms with Gasteiger partial charge in [-0.3, -0.25) is 0 Å². The molecule has 0 saturated heterocycles. The summed E-state index contributed by atoms with van der Waals surface area (Å²) in [5, 5.41) is 0.886. The van der Waals surface area contributed by atoms with Crippen LogP contribution in [0.3, 0.4) is 0 Å². The van der Waals surface area contributed by atoms with E-state index in [2.05, 4.69) is 4.98 Å². The maximum Gasteiger partial charge on any atom is 0.129 e. The zero-order valence-electron chi connectivity index (χ0n) is 9.57. The van der Waals surface area contributed by atoms with E-state index < -0.39 is 0 Å². The zero-order valence-corrected chi connectivity index (χ0v) is 11.1. The second-order valence-electron chi connectivity index (χ2n) is 3.33. The van der Waals surface area contributed by atoms with Gasteiger partial charge in [0.05, 0.1) is 25.7 Å². The van der Waals surface area contributed by atoms with Crippen LogP contribution in [0.15, 0.2) is 24.4 Å². The number of alkyl halides is 1. The molecule has 0 saturated carbocycles. The Morgan fingerprint density at radius 2 is 2.12 bits per heavy atom. The molecule has 0 unspecified atom stereocenters. The summed E-state index contributed by atoms with van der Waals surface area (Å²) in [5.74, 6) is 2.04. The number of halogens is 1. The van der Waals surface area contributed by atoms with Crippen molar-refractivity contribution in [2.45, 2.75) is 5.88 Å². The number of methoxy groups -OCH3 is 2. The average molecular weight is 270 g/mol. The van der Waals surface area contributed by atoms with Gasteiger partial charge in [0, 0.05) is 11.1 Å². The molecule has 2 aromatic rings. The van der Waals surface area contributed by atoms with Crippen molar-refractivity contribution in [3.63, 3.8) is 0 Å². The van der Waals surface area contributed by atoms with Crippen LogP contribution in [0.25, 0.3) is 10.6 Å². The maximum atomic E-state index is 5.77. The van der Waals surface area contributed by atoms with Crippen molar-refractivity contribution in [1.82, 2.24) is 4.98 Å². The highest BCUT2D eigenvalue weighted by molar-refractivity contribution is 7.15. The fourth-order valence-corrected chi connectivity index (χ4v) is 2.49. The normalized spacial score (nSPS) is 10.3. The first-order chi connectivity index (χ1) is 8.28. The lowest BCUT2D eigenvalue weighted by atomic mass is 10.2. The Kier molecular flexibility index (Phi) is 3.86. The van der Waals surface area contributed by atoms with Gasteiger partial charge >= 0.3 is 0 Å². The van der Waals surface area contributed by atoms with Gasteiger partial charge in [-0.2, -0.15) is 0 Å². The van der Waals surface area contributed by atoms with Crippen molar-refractivity contribution in [2.24, 2.45) is 0 Å². The molecule has 0 aliphatic heterocycles. The molecule has 1 aromatic carbocycles. The summed E-state index contributed by atoms with van der Waals surface area (Å²) in [6.07, 6.45) is 1.78. The van der Waals surface area contributed by atoms with Gasteiger partial charge in [-0.05, 0) is 18.2 Å². The molecule has 0 aliphatic carbocycles. The smallest absolute Gasteiger partial charge is 0.129 e. The third-order valence-electron chi connectivity index (χ3n) is 2.32. The second kappa shape index (κ2) is 5.38. The van der Waals surface area contributed by atoms with Crippen molar-refractivity contribution >= 4 is 22.9 Å². The molecule has 0 spiro atoms. The SMILES string of the molecule is COc1ccc(OC)c(-c2ncc(CCl)s2)c1. The molecule has 3 nitrogen and oxygen atoms in total. The second-order valence-corrected chi connectivity index (χ2v) is 4.71. The molecular weight excluding hydrogens is 258 g/mol. The van der Waals surface area contributed by atoms with Gasteiger partial charge in [0.1, 0.15) is 16.5 Å². The molecule has 0 fully saturated rings. The molecule has 0 aliphatic rings. The topological polar surface area (TPSA) is 31.4 Å². The number of nitrogens with zero attached hydrogens (tertiary/aromatic N) is 1. The fourth-order valence-electron chi connectivity index (χ4n) is 1.47. The number of benzene rings is 1. The van der Waals surface area contributed by atoms with E-state index in [9.17, 15) is 0 Å². The number of ether oxygens (including phenoxy) is 2. The lowest BCUT2D eigenvalue weighted by molar-refractivity contribution is 0.404. The molecule has 1 aromatic heterocycles. The van der Waals surface area contributed by atoms with Gasteiger partial charge in [0.2, 0.25) is 0 Å². The molecule has 17 heavy (non-hydrogen) atoms. The predicted molar refractivity (Wildman–Crippen MR) is 70.2 cm³/mol. The standard InChI is InChI=1S/C12H12ClNO2S/c1-15-8-3-4-11(16-2)10(5-8)12-14-7-9(6-13)17-12/h3-5,7H,6H2,1-2H3. The molecule has 0 radical (unpaired) electrons. The highest BCUT2D eigenvalue weighted by atomic mass is 35.5. The molecule has 0 atom stereocenters. The number of aromatic nitrogens is 1. The van der Waals surface area contributed by atoms with Crippen molar-refractivity contribution < 1.29 is 9.47 Å². The van der Waals surface area contributed by atoms with Crippen LogP contribution >= 0.6 is 22.9 Å². The number of rotatable bonds is 4. The molecule has 0 bridgehead atoms. The van der Waals surface area contributed by atoms with E-state index in [-0.39, 0.29) is 0 Å². The molecule has 90 valence electrons. The fraction of sp³-hybridized carbons (Fsp3) is 0.250. The molecule has 0 amide bonds. The Morgan fingerprint density at radius 1 is 1.29 bits per heavy atom. The number of hydrogen-bond acceptors (Lipinski definition) is 4. The lowest BCUT2D eigenvalue weighted by Gasteiger charge is -2.07. The van der Waals surface area contributed by atoms with E-state index in [1.54, 1.807) is 31.8 Å². The molecule has 2 rings (SSSR count). The van der Waals surface area contributed by atoms with Crippen molar-refractivity contribution in [1.29, 1.82) is 0 Å². The van der Waals surface area contributed by atoms with E-state index in [0.29, 0.717) is 5.88 Å². The Balaban J connectivity index is 2.47. The van der Waals surface area contributed by atoms with Crippen molar-refractivity contribution in [3.05, 3.63) is 29.3 Å². The summed E-state index contributed by atoms with van der Waals surface area (Å²) >= 11 is 7.33. The van der Waals surface area contributed by atoms with E-state index in [1.165, 1.54) is 0 Å². The van der Waals surface area contributed by atoms with E-state index in [0.717, 1.165) is 26.9 Å². The van der Waals surface area contributed by atoms with Gasteiger partial charge in [0.15, 0.2) is 0 Å². The minimum Gasteiger partial charge on any atom is -0.497 e. The number of thiazole rings is 1. The quantitative estimate of drug-likeness (QED) is 0.795. The highest BCUT2D eigenvalue weighted by Gasteiger charge is 2.11. The summed E-state index contributed by atoms with van der Waals surface area (Å²) in [6, 6.07) is 5.64. The van der Waals surface area contributed by atoms with Gasteiger partial charge in [-0.15, -0.1) is 22.9 Å². The van der Waals surface area contributed by atoms with E-state index in [1.807, 2.05) is 18.2 Å². The minimum absolute atomic E-state index is 0.476. The third kappa shape index (κ3) is 2.53. The molecule has 5 heteroatoms. The van der Waals surface area contributed by atoms with Crippen LogP contribution in [0.5, 0.6) is 11.5 Å². The summed E-state index contributed by atoms with van der Waals surface area (Å²) in [7, 11) is 3.28. The third-order valence-corrected chi connectivity index (χ3v) is 3.80. The largest absolute Gasteiger partial charge is 0.497 e. The summed E-state index contributed by atoms with van der Waals surface area (Å²) in [5.41, 5.74) is 0.924. The lowest BCUT2D eigenvalue weighted by Crippen LogP contribution is -1.89. The first kappa shape index (κ1) is 12.2. The molecule has 1 heterocycles. The zero-order chi connectivity index (χ0) is 12.3. The predicted octanol–water partition coefficient (Wildman–Crippen LogP) is 3.57. The van der Waals surface area contributed by atoms with Crippen LogP contribution < -0.4 is 9.47 Å². The Labute approximate surface area is 109 Å². The van der Waals surface area contributed by atoms with E-state index >= 15 is 0 Å². The first-order valence-electron chi connectivity index (χ1n) is 5.01. The van der Waals surface area contributed by atoms with Crippen LogP contribution in [0.4, 0.5) is 0 Å².